The predicted molar refractivity (Wildman–Crippen MR) is 91.8 cm³/mol. The fraction of sp³-hybridized carbons (Fsp3) is 0.389. The first-order chi connectivity index (χ1) is 11.4. The molecule has 0 aliphatic carbocycles. The molecule has 1 aliphatic rings. The van der Waals surface area contributed by atoms with E-state index in [1.54, 1.807) is 12.1 Å². The van der Waals surface area contributed by atoms with Gasteiger partial charge in [0, 0.05) is 36.8 Å². The lowest BCUT2D eigenvalue weighted by Crippen LogP contribution is -2.37. The minimum atomic E-state index is -3.11. The van der Waals surface area contributed by atoms with Crippen molar-refractivity contribution in [3.05, 3.63) is 65.2 Å². The third kappa shape index (κ3) is 3.99. The summed E-state index contributed by atoms with van der Waals surface area (Å²) in [6, 6.07) is 12.6. The molecule has 24 heavy (non-hydrogen) atoms. The molecule has 128 valence electrons. The highest BCUT2D eigenvalue weighted by atomic mass is 32.2. The molecule has 1 aromatic carbocycles. The number of benzene rings is 1. The molecule has 3 rings (SSSR count). The standard InChI is InChI=1S/C18H21FN2O2S/c1-24(22,23)21-11-9-14(10-12-21)18-8-4-6-16(20-18)13-15-5-2-3-7-17(15)19/h2-8,14H,9-13H2,1H3. The lowest BCUT2D eigenvalue weighted by molar-refractivity contribution is 0.318. The van der Waals surface area contributed by atoms with Crippen molar-refractivity contribution in [2.45, 2.75) is 25.2 Å². The number of rotatable bonds is 4. The Morgan fingerprint density at radius 1 is 1.12 bits per heavy atom. The van der Waals surface area contributed by atoms with Crippen molar-refractivity contribution in [1.29, 1.82) is 0 Å². The third-order valence-corrected chi connectivity index (χ3v) is 5.80. The van der Waals surface area contributed by atoms with Gasteiger partial charge < -0.3 is 0 Å². The van der Waals surface area contributed by atoms with E-state index >= 15 is 0 Å². The molecule has 0 unspecified atom stereocenters. The maximum absolute atomic E-state index is 13.8. The summed E-state index contributed by atoms with van der Waals surface area (Å²) in [6.45, 7) is 1.06. The number of pyridine rings is 1. The van der Waals surface area contributed by atoms with E-state index in [0.29, 0.717) is 25.1 Å². The van der Waals surface area contributed by atoms with Crippen molar-refractivity contribution in [2.75, 3.05) is 19.3 Å². The summed E-state index contributed by atoms with van der Waals surface area (Å²) >= 11 is 0. The number of hydrogen-bond donors (Lipinski definition) is 0. The molecule has 1 saturated heterocycles. The van der Waals surface area contributed by atoms with Gasteiger partial charge in [0.15, 0.2) is 0 Å². The molecule has 0 saturated carbocycles. The van der Waals surface area contributed by atoms with Crippen molar-refractivity contribution in [3.8, 4) is 0 Å². The summed E-state index contributed by atoms with van der Waals surface area (Å²) in [6.07, 6.45) is 3.25. The van der Waals surface area contributed by atoms with Crippen molar-refractivity contribution in [1.82, 2.24) is 9.29 Å². The quantitative estimate of drug-likeness (QED) is 0.854. The van der Waals surface area contributed by atoms with Crippen LogP contribution >= 0.6 is 0 Å². The van der Waals surface area contributed by atoms with Crippen molar-refractivity contribution < 1.29 is 12.8 Å². The molecule has 0 atom stereocenters. The molecular weight excluding hydrogens is 327 g/mol. The maximum Gasteiger partial charge on any atom is 0.211 e. The van der Waals surface area contributed by atoms with Gasteiger partial charge in [0.05, 0.1) is 6.26 Å². The van der Waals surface area contributed by atoms with Gasteiger partial charge in [-0.1, -0.05) is 24.3 Å². The van der Waals surface area contributed by atoms with Crippen LogP contribution in [-0.4, -0.2) is 37.1 Å². The second kappa shape index (κ2) is 6.99. The highest BCUT2D eigenvalue weighted by molar-refractivity contribution is 7.88. The van der Waals surface area contributed by atoms with Crippen LogP contribution in [0.25, 0.3) is 0 Å². The minimum absolute atomic E-state index is 0.217. The SMILES string of the molecule is CS(=O)(=O)N1CCC(c2cccc(Cc3ccccc3F)n2)CC1. The van der Waals surface area contributed by atoms with Crippen LogP contribution < -0.4 is 0 Å². The van der Waals surface area contributed by atoms with Crippen molar-refractivity contribution >= 4 is 10.0 Å². The van der Waals surface area contributed by atoms with E-state index < -0.39 is 10.0 Å². The van der Waals surface area contributed by atoms with Crippen LogP contribution in [0.5, 0.6) is 0 Å². The van der Waals surface area contributed by atoms with Gasteiger partial charge in [0.2, 0.25) is 10.0 Å². The Morgan fingerprint density at radius 2 is 1.83 bits per heavy atom. The van der Waals surface area contributed by atoms with E-state index in [9.17, 15) is 12.8 Å². The van der Waals surface area contributed by atoms with Crippen molar-refractivity contribution in [2.24, 2.45) is 0 Å². The Morgan fingerprint density at radius 3 is 2.50 bits per heavy atom. The topological polar surface area (TPSA) is 50.3 Å². The summed E-state index contributed by atoms with van der Waals surface area (Å²) in [5, 5.41) is 0. The van der Waals surface area contributed by atoms with E-state index in [1.165, 1.54) is 16.6 Å². The molecular formula is C18H21FN2O2S. The third-order valence-electron chi connectivity index (χ3n) is 4.50. The Labute approximate surface area is 142 Å². The summed E-state index contributed by atoms with van der Waals surface area (Å²) in [4.78, 5) is 4.69. The minimum Gasteiger partial charge on any atom is -0.257 e. The van der Waals surface area contributed by atoms with E-state index in [4.69, 9.17) is 0 Å². The van der Waals surface area contributed by atoms with Crippen LogP contribution in [-0.2, 0) is 16.4 Å². The molecule has 2 heterocycles. The maximum atomic E-state index is 13.8. The Hall–Kier alpha value is -1.79. The van der Waals surface area contributed by atoms with Crippen LogP contribution in [0.15, 0.2) is 42.5 Å². The second-order valence-electron chi connectivity index (χ2n) is 6.26. The monoisotopic (exact) mass is 348 g/mol. The van der Waals surface area contributed by atoms with Gasteiger partial charge in [-0.15, -0.1) is 0 Å². The lowest BCUT2D eigenvalue weighted by atomic mass is 9.94. The smallest absolute Gasteiger partial charge is 0.211 e. The highest BCUT2D eigenvalue weighted by Crippen LogP contribution is 2.28. The van der Waals surface area contributed by atoms with Gasteiger partial charge in [-0.2, -0.15) is 0 Å². The van der Waals surface area contributed by atoms with Gasteiger partial charge >= 0.3 is 0 Å². The van der Waals surface area contributed by atoms with Crippen LogP contribution in [0.3, 0.4) is 0 Å². The summed E-state index contributed by atoms with van der Waals surface area (Å²) in [5.74, 6) is 0.0368. The van der Waals surface area contributed by atoms with Gasteiger partial charge in [0.25, 0.3) is 0 Å². The van der Waals surface area contributed by atoms with Crippen LogP contribution in [0.4, 0.5) is 4.39 Å². The number of aromatic nitrogens is 1. The molecule has 0 radical (unpaired) electrons. The summed E-state index contributed by atoms with van der Waals surface area (Å²) in [7, 11) is -3.11. The molecule has 1 aromatic heterocycles. The molecule has 1 fully saturated rings. The first-order valence-corrected chi connectivity index (χ1v) is 9.92. The Kier molecular flexibility index (Phi) is 4.96. The molecule has 0 N–H and O–H groups in total. The zero-order chi connectivity index (χ0) is 17.2. The molecule has 6 heteroatoms. The Balaban J connectivity index is 1.71. The summed E-state index contributed by atoms with van der Waals surface area (Å²) < 4.78 is 38.5. The fourth-order valence-electron chi connectivity index (χ4n) is 3.14. The van der Waals surface area contributed by atoms with Crippen LogP contribution in [0.1, 0.15) is 35.7 Å². The number of nitrogens with zero attached hydrogens (tertiary/aromatic N) is 2. The number of hydrogen-bond acceptors (Lipinski definition) is 3. The second-order valence-corrected chi connectivity index (χ2v) is 8.24. The first-order valence-electron chi connectivity index (χ1n) is 8.08. The van der Waals surface area contributed by atoms with E-state index in [-0.39, 0.29) is 11.7 Å². The fourth-order valence-corrected chi connectivity index (χ4v) is 4.02. The lowest BCUT2D eigenvalue weighted by Gasteiger charge is -2.30. The number of sulfonamides is 1. The molecule has 4 nitrogen and oxygen atoms in total. The molecule has 0 amide bonds. The predicted octanol–water partition coefficient (Wildman–Crippen LogP) is 2.95. The average Bonchev–Trinajstić information content (AvgIpc) is 2.57. The van der Waals surface area contributed by atoms with Crippen LogP contribution in [0.2, 0.25) is 0 Å². The van der Waals surface area contributed by atoms with Gasteiger partial charge in [-0.05, 0) is 36.6 Å². The van der Waals surface area contributed by atoms with Gasteiger partial charge in [-0.3, -0.25) is 4.98 Å². The van der Waals surface area contributed by atoms with Crippen LogP contribution in [0, 0.1) is 5.82 Å². The van der Waals surface area contributed by atoms with Gasteiger partial charge in [-0.25, -0.2) is 17.1 Å². The number of halogens is 1. The van der Waals surface area contributed by atoms with E-state index in [0.717, 1.165) is 24.2 Å². The molecule has 0 bridgehead atoms. The van der Waals surface area contributed by atoms with E-state index in [1.807, 2.05) is 24.3 Å². The largest absolute Gasteiger partial charge is 0.257 e. The van der Waals surface area contributed by atoms with Crippen molar-refractivity contribution in [3.63, 3.8) is 0 Å². The van der Waals surface area contributed by atoms with E-state index in [2.05, 4.69) is 4.98 Å². The molecule has 0 spiro atoms. The zero-order valence-corrected chi connectivity index (χ0v) is 14.5. The van der Waals surface area contributed by atoms with Gasteiger partial charge in [0.1, 0.15) is 5.82 Å². The first kappa shape index (κ1) is 17.0. The number of piperidine rings is 1. The average molecular weight is 348 g/mol. The summed E-state index contributed by atoms with van der Waals surface area (Å²) in [5.41, 5.74) is 2.44. The normalized spacial score (nSPS) is 17.1. The molecule has 2 aromatic rings. The Bertz CT molecular complexity index is 815. The highest BCUT2D eigenvalue weighted by Gasteiger charge is 2.26. The zero-order valence-electron chi connectivity index (χ0n) is 13.7. The molecule has 1 aliphatic heterocycles.